The summed E-state index contributed by atoms with van der Waals surface area (Å²) in [5.41, 5.74) is 6.26. The van der Waals surface area contributed by atoms with Crippen LogP contribution >= 0.6 is 0 Å². The molecule has 0 aromatic heterocycles. The number of anilines is 5. The zero-order chi connectivity index (χ0) is 22.4. The van der Waals surface area contributed by atoms with Crippen molar-refractivity contribution < 1.29 is 0 Å². The predicted molar refractivity (Wildman–Crippen MR) is 135 cm³/mol. The monoisotopic (exact) mass is 430 g/mol. The Balaban J connectivity index is 1.64. The van der Waals surface area contributed by atoms with Gasteiger partial charge < -0.3 is 9.80 Å². The van der Waals surface area contributed by atoms with Crippen molar-refractivity contribution in [1.82, 2.24) is 0 Å². The van der Waals surface area contributed by atoms with Gasteiger partial charge in [-0.2, -0.15) is 0 Å². The third-order valence-corrected chi connectivity index (χ3v) is 6.82. The van der Waals surface area contributed by atoms with Gasteiger partial charge in [-0.3, -0.25) is 4.99 Å². The Morgan fingerprint density at radius 2 is 1.24 bits per heavy atom. The van der Waals surface area contributed by atoms with E-state index >= 15 is 0 Å². The Kier molecular flexibility index (Phi) is 4.54. The van der Waals surface area contributed by atoms with Crippen molar-refractivity contribution in [2.75, 3.05) is 9.80 Å². The minimum Gasteiger partial charge on any atom is -0.314 e. The van der Waals surface area contributed by atoms with Gasteiger partial charge in [-0.15, -0.1) is 0 Å². The first kappa shape index (κ1) is 19.7. The summed E-state index contributed by atoms with van der Waals surface area (Å²) in [6.45, 7) is 4.45. The molecule has 2 aliphatic rings. The van der Waals surface area contributed by atoms with Crippen LogP contribution in [0.15, 0.2) is 107 Å². The standard InChI is InChI=1S/C29H26N4/c1-3-29(4-2)31-25-20-27-24(19-28(25)33(29)22-15-9-6-10-16-22)30-23-17-11-12-18-26(23)32(27)21-13-7-5-8-14-21/h5-20H,3-4H2,1-2H3. The van der Waals surface area contributed by atoms with E-state index in [1.807, 2.05) is 0 Å². The van der Waals surface area contributed by atoms with Crippen molar-refractivity contribution in [3.8, 4) is 0 Å². The Labute approximate surface area is 194 Å². The van der Waals surface area contributed by atoms with E-state index < -0.39 is 0 Å². The third-order valence-electron chi connectivity index (χ3n) is 6.82. The number of rotatable bonds is 4. The zero-order valence-electron chi connectivity index (χ0n) is 18.9. The summed E-state index contributed by atoms with van der Waals surface area (Å²) >= 11 is 0. The molecular weight excluding hydrogens is 404 g/mol. The fraction of sp³-hybridized carbons (Fsp3) is 0.172. The molecule has 0 atom stereocenters. The molecule has 0 spiro atoms. The molecule has 4 nitrogen and oxygen atoms in total. The van der Waals surface area contributed by atoms with Gasteiger partial charge in [0, 0.05) is 11.4 Å². The van der Waals surface area contributed by atoms with Gasteiger partial charge >= 0.3 is 0 Å². The van der Waals surface area contributed by atoms with Crippen LogP contribution in [-0.4, -0.2) is 5.66 Å². The second-order valence-corrected chi connectivity index (χ2v) is 8.57. The number of fused-ring (bicyclic) bond motifs is 3. The molecular formula is C29H26N4. The van der Waals surface area contributed by atoms with Crippen LogP contribution in [0.2, 0.25) is 0 Å². The number of nitrogens with zero attached hydrogens (tertiary/aromatic N) is 4. The number of hydrogen-bond acceptors (Lipinski definition) is 4. The van der Waals surface area contributed by atoms with Crippen molar-refractivity contribution in [3.05, 3.63) is 108 Å². The molecule has 0 aliphatic carbocycles. The molecule has 0 unspecified atom stereocenters. The van der Waals surface area contributed by atoms with Crippen LogP contribution in [0.3, 0.4) is 0 Å². The van der Waals surface area contributed by atoms with E-state index in [0.717, 1.165) is 52.0 Å². The molecule has 33 heavy (non-hydrogen) atoms. The van der Waals surface area contributed by atoms with E-state index in [0.29, 0.717) is 0 Å². The molecule has 162 valence electrons. The maximum Gasteiger partial charge on any atom is 0.136 e. The number of hydrogen-bond donors (Lipinski definition) is 0. The van der Waals surface area contributed by atoms with Crippen LogP contribution in [-0.2, 0) is 0 Å². The minimum atomic E-state index is -0.294. The summed E-state index contributed by atoms with van der Waals surface area (Å²) in [5, 5.41) is 1.99. The lowest BCUT2D eigenvalue weighted by molar-refractivity contribution is 0.414. The molecule has 0 saturated carbocycles. The lowest BCUT2D eigenvalue weighted by Gasteiger charge is -2.37. The molecule has 2 aliphatic heterocycles. The predicted octanol–water partition coefficient (Wildman–Crippen LogP) is 6.71. The molecule has 0 saturated heterocycles. The smallest absolute Gasteiger partial charge is 0.136 e. The molecule has 2 heterocycles. The van der Waals surface area contributed by atoms with Crippen molar-refractivity contribution in [3.63, 3.8) is 0 Å². The maximum atomic E-state index is 5.33. The normalized spacial score (nSPS) is 15.2. The number of para-hydroxylation sites is 4. The zero-order valence-corrected chi connectivity index (χ0v) is 18.9. The number of benzene rings is 4. The Hall–Kier alpha value is -3.92. The highest BCUT2D eigenvalue weighted by atomic mass is 15.3. The summed E-state index contributed by atoms with van der Waals surface area (Å²) in [7, 11) is 0. The van der Waals surface area contributed by atoms with E-state index in [4.69, 9.17) is 9.98 Å². The second kappa shape index (κ2) is 7.59. The van der Waals surface area contributed by atoms with Gasteiger partial charge in [0.25, 0.3) is 0 Å². The quantitative estimate of drug-likeness (QED) is 0.317. The fourth-order valence-corrected chi connectivity index (χ4v) is 5.13. The minimum absolute atomic E-state index is 0.294. The summed E-state index contributed by atoms with van der Waals surface area (Å²) in [6.07, 6.45) is 1.86. The maximum absolute atomic E-state index is 5.33. The Bertz CT molecular complexity index is 1440. The molecule has 0 N–H and O–H groups in total. The second-order valence-electron chi connectivity index (χ2n) is 8.57. The first-order chi connectivity index (χ1) is 16.2. The van der Waals surface area contributed by atoms with Crippen molar-refractivity contribution in [1.29, 1.82) is 0 Å². The lowest BCUT2D eigenvalue weighted by Crippen LogP contribution is -2.41. The van der Waals surface area contributed by atoms with Gasteiger partial charge in [-0.05, 0) is 61.4 Å². The van der Waals surface area contributed by atoms with Gasteiger partial charge in [-0.25, -0.2) is 4.99 Å². The average Bonchev–Trinajstić information content (AvgIpc) is 3.20. The topological polar surface area (TPSA) is 31.2 Å². The highest BCUT2D eigenvalue weighted by Gasteiger charge is 2.40. The van der Waals surface area contributed by atoms with Gasteiger partial charge in [0.15, 0.2) is 0 Å². The Morgan fingerprint density at radius 3 is 1.94 bits per heavy atom. The fourth-order valence-electron chi connectivity index (χ4n) is 5.13. The Morgan fingerprint density at radius 1 is 0.636 bits per heavy atom. The summed E-state index contributed by atoms with van der Waals surface area (Å²) < 4.78 is 0. The van der Waals surface area contributed by atoms with E-state index in [1.54, 1.807) is 0 Å². The highest BCUT2D eigenvalue weighted by Crippen LogP contribution is 2.43. The largest absolute Gasteiger partial charge is 0.314 e. The molecule has 4 aromatic rings. The molecule has 6 rings (SSSR count). The highest BCUT2D eigenvalue weighted by molar-refractivity contribution is 5.86. The molecule has 0 radical (unpaired) electrons. The van der Waals surface area contributed by atoms with E-state index in [-0.39, 0.29) is 5.66 Å². The molecule has 0 amide bonds. The van der Waals surface area contributed by atoms with Gasteiger partial charge in [0.2, 0.25) is 0 Å². The van der Waals surface area contributed by atoms with Gasteiger partial charge in [0.05, 0.1) is 33.5 Å². The SMILES string of the molecule is CCC1(CC)N=c2cc3c(cc2N1c1ccccc1)=Nc1ccccc1N3c1ccccc1. The summed E-state index contributed by atoms with van der Waals surface area (Å²) in [4.78, 5) is 15.1. The van der Waals surface area contributed by atoms with Crippen LogP contribution in [0.5, 0.6) is 0 Å². The van der Waals surface area contributed by atoms with Crippen LogP contribution < -0.4 is 20.5 Å². The summed E-state index contributed by atoms with van der Waals surface area (Å²) in [6, 6.07) is 33.9. The summed E-state index contributed by atoms with van der Waals surface area (Å²) in [5.74, 6) is 0. The van der Waals surface area contributed by atoms with E-state index in [1.165, 1.54) is 5.69 Å². The third kappa shape index (κ3) is 2.98. The lowest BCUT2D eigenvalue weighted by atomic mass is 10.0. The molecule has 4 heteroatoms. The van der Waals surface area contributed by atoms with Crippen LogP contribution in [0.4, 0.5) is 34.1 Å². The van der Waals surface area contributed by atoms with E-state index in [9.17, 15) is 0 Å². The molecule has 4 aromatic carbocycles. The van der Waals surface area contributed by atoms with Crippen molar-refractivity contribution >= 4 is 34.1 Å². The van der Waals surface area contributed by atoms with Gasteiger partial charge in [0.1, 0.15) is 5.66 Å². The van der Waals surface area contributed by atoms with Crippen molar-refractivity contribution in [2.24, 2.45) is 9.98 Å². The first-order valence-electron chi connectivity index (χ1n) is 11.7. The van der Waals surface area contributed by atoms with Crippen LogP contribution in [0.1, 0.15) is 26.7 Å². The van der Waals surface area contributed by atoms with Gasteiger partial charge in [-0.1, -0.05) is 62.4 Å². The molecule has 0 bridgehead atoms. The molecule has 0 fully saturated rings. The van der Waals surface area contributed by atoms with Crippen LogP contribution in [0.25, 0.3) is 0 Å². The van der Waals surface area contributed by atoms with Crippen molar-refractivity contribution in [2.45, 2.75) is 32.4 Å². The van der Waals surface area contributed by atoms with Crippen LogP contribution in [0, 0.1) is 0 Å². The average molecular weight is 431 g/mol. The van der Waals surface area contributed by atoms with E-state index in [2.05, 4.69) is 121 Å². The first-order valence-corrected chi connectivity index (χ1v) is 11.7.